The van der Waals surface area contributed by atoms with Gasteiger partial charge < -0.3 is 9.30 Å². The number of rotatable bonds is 7. The van der Waals surface area contributed by atoms with E-state index in [-0.39, 0.29) is 5.78 Å². The van der Waals surface area contributed by atoms with Crippen LogP contribution in [0.3, 0.4) is 0 Å². The Balaban J connectivity index is 2.08. The van der Waals surface area contributed by atoms with Crippen LogP contribution < -0.4 is 4.74 Å². The maximum absolute atomic E-state index is 12.3. The summed E-state index contributed by atoms with van der Waals surface area (Å²) in [5.41, 5.74) is 0.651. The lowest BCUT2D eigenvalue weighted by atomic mass is 10.1. The maximum Gasteiger partial charge on any atom is 0.191 e. The van der Waals surface area contributed by atoms with Gasteiger partial charge in [0.05, 0.1) is 12.9 Å². The highest BCUT2D eigenvalue weighted by Gasteiger charge is 2.16. The summed E-state index contributed by atoms with van der Waals surface area (Å²) in [6.45, 7) is 7.04. The first-order chi connectivity index (χ1) is 10.6. The van der Waals surface area contributed by atoms with Crippen molar-refractivity contribution in [3.63, 3.8) is 0 Å². The van der Waals surface area contributed by atoms with Crippen molar-refractivity contribution < 1.29 is 9.53 Å². The summed E-state index contributed by atoms with van der Waals surface area (Å²) in [5.74, 6) is 2.36. The van der Waals surface area contributed by atoms with Gasteiger partial charge >= 0.3 is 0 Å². The molecule has 0 saturated carbocycles. The van der Waals surface area contributed by atoms with Crippen LogP contribution in [-0.2, 0) is 6.54 Å². The number of methoxy groups -OCH3 is 1. The van der Waals surface area contributed by atoms with E-state index in [0.29, 0.717) is 23.0 Å². The third-order valence-corrected chi connectivity index (χ3v) is 4.27. The van der Waals surface area contributed by atoms with E-state index in [1.54, 1.807) is 19.2 Å². The molecule has 1 aromatic carbocycles. The number of ether oxygens (including phenoxy) is 1. The number of hydrogen-bond donors (Lipinski definition) is 0. The fourth-order valence-corrected chi connectivity index (χ4v) is 3.04. The van der Waals surface area contributed by atoms with Crippen LogP contribution in [0.4, 0.5) is 0 Å². The Morgan fingerprint density at radius 1 is 1.36 bits per heavy atom. The van der Waals surface area contributed by atoms with E-state index in [4.69, 9.17) is 4.74 Å². The summed E-state index contributed by atoms with van der Waals surface area (Å²) < 4.78 is 7.21. The van der Waals surface area contributed by atoms with Crippen molar-refractivity contribution in [2.75, 3.05) is 12.9 Å². The van der Waals surface area contributed by atoms with Gasteiger partial charge in [0.2, 0.25) is 0 Å². The van der Waals surface area contributed by atoms with Crippen LogP contribution in [0.25, 0.3) is 0 Å². The van der Waals surface area contributed by atoms with E-state index in [1.165, 1.54) is 11.8 Å². The molecular weight excluding hydrogens is 298 g/mol. The first-order valence-corrected chi connectivity index (χ1v) is 8.28. The lowest BCUT2D eigenvalue weighted by Crippen LogP contribution is -2.07. The highest BCUT2D eigenvalue weighted by atomic mass is 32.2. The van der Waals surface area contributed by atoms with E-state index in [1.807, 2.05) is 12.1 Å². The van der Waals surface area contributed by atoms with Crippen LogP contribution in [0, 0.1) is 0 Å². The van der Waals surface area contributed by atoms with E-state index in [2.05, 4.69) is 35.5 Å². The Labute approximate surface area is 135 Å². The van der Waals surface area contributed by atoms with Crippen LogP contribution in [0.2, 0.25) is 0 Å². The molecule has 2 rings (SSSR count). The van der Waals surface area contributed by atoms with Gasteiger partial charge in [0, 0.05) is 18.0 Å². The van der Waals surface area contributed by atoms with Gasteiger partial charge in [-0.3, -0.25) is 4.79 Å². The molecule has 118 valence electrons. The van der Waals surface area contributed by atoms with Gasteiger partial charge in [-0.25, -0.2) is 0 Å². The zero-order chi connectivity index (χ0) is 16.1. The number of ketones is 1. The molecule has 0 aliphatic rings. The monoisotopic (exact) mass is 319 g/mol. The second-order valence-electron chi connectivity index (χ2n) is 5.18. The molecule has 0 fully saturated rings. The molecule has 0 radical (unpaired) electrons. The van der Waals surface area contributed by atoms with Gasteiger partial charge in [-0.2, -0.15) is 0 Å². The minimum Gasteiger partial charge on any atom is -0.497 e. The standard InChI is InChI=1S/C16H21N3O2S/c1-5-19-15(11(2)3)17-18-16(19)22-10-14(20)12-7-6-8-13(9-12)21-4/h6-9,11H,5,10H2,1-4H3. The van der Waals surface area contributed by atoms with Crippen molar-refractivity contribution in [1.29, 1.82) is 0 Å². The molecule has 1 heterocycles. The molecule has 1 aromatic heterocycles. The summed E-state index contributed by atoms with van der Waals surface area (Å²) in [6.07, 6.45) is 0. The average Bonchev–Trinajstić information content (AvgIpc) is 2.95. The topological polar surface area (TPSA) is 57.0 Å². The Bertz CT molecular complexity index is 653. The molecule has 0 aliphatic heterocycles. The molecule has 2 aromatic rings. The SMILES string of the molecule is CCn1c(SCC(=O)c2cccc(OC)c2)nnc1C(C)C. The summed E-state index contributed by atoms with van der Waals surface area (Å²) in [6, 6.07) is 7.21. The summed E-state index contributed by atoms with van der Waals surface area (Å²) >= 11 is 1.43. The number of thioether (sulfide) groups is 1. The van der Waals surface area contributed by atoms with E-state index < -0.39 is 0 Å². The van der Waals surface area contributed by atoms with Crippen LogP contribution >= 0.6 is 11.8 Å². The molecule has 22 heavy (non-hydrogen) atoms. The van der Waals surface area contributed by atoms with E-state index in [0.717, 1.165) is 17.5 Å². The number of aromatic nitrogens is 3. The van der Waals surface area contributed by atoms with Gasteiger partial charge in [0.15, 0.2) is 10.9 Å². The molecule has 6 heteroatoms. The average molecular weight is 319 g/mol. The fraction of sp³-hybridized carbons (Fsp3) is 0.438. The predicted molar refractivity (Wildman–Crippen MR) is 87.8 cm³/mol. The van der Waals surface area contributed by atoms with Gasteiger partial charge in [0.25, 0.3) is 0 Å². The van der Waals surface area contributed by atoms with Crippen molar-refractivity contribution in [3.8, 4) is 5.75 Å². The van der Waals surface area contributed by atoms with Crippen LogP contribution in [0.5, 0.6) is 5.75 Å². The van der Waals surface area contributed by atoms with E-state index in [9.17, 15) is 4.79 Å². The molecule has 0 aliphatic carbocycles. The zero-order valence-electron chi connectivity index (χ0n) is 13.4. The Hall–Kier alpha value is -1.82. The summed E-state index contributed by atoms with van der Waals surface area (Å²) in [4.78, 5) is 12.3. The number of nitrogens with zero attached hydrogens (tertiary/aromatic N) is 3. The first kappa shape index (κ1) is 16.5. The molecule has 0 atom stereocenters. The third kappa shape index (κ3) is 3.68. The molecule has 0 N–H and O–H groups in total. The van der Waals surface area contributed by atoms with Crippen molar-refractivity contribution in [3.05, 3.63) is 35.7 Å². The van der Waals surface area contributed by atoms with Crippen molar-refractivity contribution in [2.24, 2.45) is 0 Å². The lowest BCUT2D eigenvalue weighted by Gasteiger charge is -2.09. The zero-order valence-corrected chi connectivity index (χ0v) is 14.2. The molecule has 0 unspecified atom stereocenters. The normalized spacial score (nSPS) is 11.0. The van der Waals surface area contributed by atoms with Crippen molar-refractivity contribution in [2.45, 2.75) is 38.4 Å². The maximum atomic E-state index is 12.3. The van der Waals surface area contributed by atoms with Crippen molar-refractivity contribution in [1.82, 2.24) is 14.8 Å². The smallest absolute Gasteiger partial charge is 0.191 e. The highest BCUT2D eigenvalue weighted by molar-refractivity contribution is 7.99. The third-order valence-electron chi connectivity index (χ3n) is 3.30. The van der Waals surface area contributed by atoms with Crippen LogP contribution in [0.1, 0.15) is 42.9 Å². The Kier molecular flexibility index (Phi) is 5.60. The Morgan fingerprint density at radius 3 is 2.77 bits per heavy atom. The van der Waals surface area contributed by atoms with Gasteiger partial charge in [-0.05, 0) is 19.1 Å². The van der Waals surface area contributed by atoms with Gasteiger partial charge in [-0.15, -0.1) is 10.2 Å². The molecular formula is C16H21N3O2S. The minimum atomic E-state index is 0.0562. The van der Waals surface area contributed by atoms with Crippen LogP contribution in [0.15, 0.2) is 29.4 Å². The van der Waals surface area contributed by atoms with Gasteiger partial charge in [0.1, 0.15) is 11.6 Å². The number of hydrogen-bond acceptors (Lipinski definition) is 5. The first-order valence-electron chi connectivity index (χ1n) is 7.30. The fourth-order valence-electron chi connectivity index (χ4n) is 2.14. The quantitative estimate of drug-likeness (QED) is 0.578. The Morgan fingerprint density at radius 2 is 2.14 bits per heavy atom. The molecule has 5 nitrogen and oxygen atoms in total. The molecule has 0 saturated heterocycles. The summed E-state index contributed by atoms with van der Waals surface area (Å²) in [7, 11) is 1.59. The van der Waals surface area contributed by atoms with Gasteiger partial charge in [-0.1, -0.05) is 37.7 Å². The molecule has 0 spiro atoms. The molecule has 0 amide bonds. The number of benzene rings is 1. The van der Waals surface area contributed by atoms with Crippen molar-refractivity contribution >= 4 is 17.5 Å². The number of carbonyl (C=O) groups excluding carboxylic acids is 1. The summed E-state index contributed by atoms with van der Waals surface area (Å²) in [5, 5.41) is 9.23. The van der Waals surface area contributed by atoms with Crippen LogP contribution in [-0.4, -0.2) is 33.4 Å². The number of carbonyl (C=O) groups is 1. The highest BCUT2D eigenvalue weighted by Crippen LogP contribution is 2.22. The lowest BCUT2D eigenvalue weighted by molar-refractivity contribution is 0.102. The minimum absolute atomic E-state index is 0.0562. The second kappa shape index (κ2) is 7.45. The predicted octanol–water partition coefficient (Wildman–Crippen LogP) is 3.41. The largest absolute Gasteiger partial charge is 0.497 e. The number of Topliss-reactive ketones (excluding diaryl/α,β-unsaturated/α-hetero) is 1. The van der Waals surface area contributed by atoms with E-state index >= 15 is 0 Å². The molecule has 0 bridgehead atoms. The second-order valence-corrected chi connectivity index (χ2v) is 6.13.